The molecular formula is C15H19N3O. The average Bonchev–Trinajstić information content (AvgIpc) is 3.07. The van der Waals surface area contributed by atoms with Crippen LogP contribution in [0.5, 0.6) is 0 Å². The largest absolute Gasteiger partial charge is 0.388 e. The number of rotatable bonds is 3. The van der Waals surface area contributed by atoms with Crippen LogP contribution in [-0.2, 0) is 0 Å². The predicted molar refractivity (Wildman–Crippen MR) is 75.0 cm³/mol. The van der Waals surface area contributed by atoms with E-state index in [-0.39, 0.29) is 0 Å². The van der Waals surface area contributed by atoms with Crippen molar-refractivity contribution in [1.29, 1.82) is 0 Å². The quantitative estimate of drug-likeness (QED) is 0.911. The molecule has 1 aliphatic rings. The lowest BCUT2D eigenvalue weighted by Gasteiger charge is -2.02. The van der Waals surface area contributed by atoms with Crippen molar-refractivity contribution < 1.29 is 4.52 Å². The lowest BCUT2D eigenvalue weighted by molar-refractivity contribution is 0.414. The molecule has 1 fully saturated rings. The summed E-state index contributed by atoms with van der Waals surface area (Å²) in [5, 5.41) is 7.24. The summed E-state index contributed by atoms with van der Waals surface area (Å²) in [5.74, 6) is 2.75. The van der Waals surface area contributed by atoms with Crippen molar-refractivity contribution in [3.8, 4) is 11.5 Å². The number of hydrogen-bond acceptors (Lipinski definition) is 4. The molecule has 3 rings (SSSR count). The van der Waals surface area contributed by atoms with E-state index in [0.29, 0.717) is 11.8 Å². The molecule has 1 N–H and O–H groups in total. The molecule has 1 aliphatic carbocycles. The minimum absolute atomic E-state index is 0.476. The molecule has 0 saturated heterocycles. The predicted octanol–water partition coefficient (Wildman–Crippen LogP) is 3.68. The maximum atomic E-state index is 5.39. The fourth-order valence-corrected chi connectivity index (χ4v) is 2.74. The van der Waals surface area contributed by atoms with Gasteiger partial charge in [0.05, 0.1) is 0 Å². The Labute approximate surface area is 113 Å². The van der Waals surface area contributed by atoms with Crippen molar-refractivity contribution in [3.05, 3.63) is 30.1 Å². The van der Waals surface area contributed by atoms with Crippen LogP contribution in [-0.4, -0.2) is 17.2 Å². The molecule has 1 heterocycles. The van der Waals surface area contributed by atoms with Gasteiger partial charge in [0.25, 0.3) is 5.89 Å². The normalized spacial score (nSPS) is 22.6. The summed E-state index contributed by atoms with van der Waals surface area (Å²) in [6.45, 7) is 2.29. The first-order chi connectivity index (χ1) is 9.26. The number of benzene rings is 1. The van der Waals surface area contributed by atoms with Crippen molar-refractivity contribution in [1.82, 2.24) is 10.1 Å². The van der Waals surface area contributed by atoms with E-state index in [4.69, 9.17) is 4.52 Å². The topological polar surface area (TPSA) is 51.0 Å². The van der Waals surface area contributed by atoms with Crippen molar-refractivity contribution in [2.45, 2.75) is 32.1 Å². The van der Waals surface area contributed by atoms with Gasteiger partial charge in [-0.1, -0.05) is 12.1 Å². The zero-order valence-corrected chi connectivity index (χ0v) is 11.4. The Bertz CT molecular complexity index is 547. The van der Waals surface area contributed by atoms with Crippen LogP contribution in [0.1, 0.15) is 37.9 Å². The molecule has 0 bridgehead atoms. The summed E-state index contributed by atoms with van der Waals surface area (Å²) < 4.78 is 5.39. The third kappa shape index (κ3) is 2.48. The Hall–Kier alpha value is -1.84. The van der Waals surface area contributed by atoms with Gasteiger partial charge in [-0.25, -0.2) is 0 Å². The third-order valence-corrected chi connectivity index (χ3v) is 3.92. The van der Waals surface area contributed by atoms with E-state index in [0.717, 1.165) is 23.0 Å². The molecule has 1 saturated carbocycles. The van der Waals surface area contributed by atoms with Crippen molar-refractivity contribution >= 4 is 5.69 Å². The number of nitrogens with one attached hydrogen (secondary N) is 1. The highest BCUT2D eigenvalue weighted by Crippen LogP contribution is 2.37. The van der Waals surface area contributed by atoms with E-state index in [2.05, 4.69) is 22.4 Å². The van der Waals surface area contributed by atoms with E-state index in [1.807, 2.05) is 31.3 Å². The minimum Gasteiger partial charge on any atom is -0.388 e. The van der Waals surface area contributed by atoms with Crippen molar-refractivity contribution in [3.63, 3.8) is 0 Å². The highest BCUT2D eigenvalue weighted by atomic mass is 16.5. The van der Waals surface area contributed by atoms with E-state index >= 15 is 0 Å². The van der Waals surface area contributed by atoms with Crippen LogP contribution >= 0.6 is 0 Å². The second-order valence-corrected chi connectivity index (χ2v) is 5.40. The van der Waals surface area contributed by atoms with Crippen molar-refractivity contribution in [2.24, 2.45) is 5.92 Å². The lowest BCUT2D eigenvalue weighted by atomic mass is 10.1. The lowest BCUT2D eigenvalue weighted by Crippen LogP contribution is -1.96. The standard InChI is InChI=1S/C15H19N3O/c1-10-3-4-12(9-10)14-17-15(19-18-14)11-5-7-13(16-2)8-6-11/h5-8,10,12,16H,3-4,9H2,1-2H3. The fraction of sp³-hybridized carbons (Fsp3) is 0.467. The first kappa shape index (κ1) is 12.2. The molecule has 19 heavy (non-hydrogen) atoms. The second-order valence-electron chi connectivity index (χ2n) is 5.40. The molecule has 4 nitrogen and oxygen atoms in total. The molecule has 2 unspecified atom stereocenters. The molecule has 4 heteroatoms. The summed E-state index contributed by atoms with van der Waals surface area (Å²) in [5.41, 5.74) is 2.05. The van der Waals surface area contributed by atoms with Gasteiger partial charge in [-0.05, 0) is 49.4 Å². The highest BCUT2D eigenvalue weighted by Gasteiger charge is 2.26. The zero-order chi connectivity index (χ0) is 13.2. The van der Waals surface area contributed by atoms with Crippen molar-refractivity contribution in [2.75, 3.05) is 12.4 Å². The van der Waals surface area contributed by atoms with Gasteiger partial charge in [0.15, 0.2) is 5.82 Å². The summed E-state index contributed by atoms with van der Waals surface area (Å²) in [6.07, 6.45) is 3.63. The van der Waals surface area contributed by atoms with Gasteiger partial charge in [-0.2, -0.15) is 4.98 Å². The van der Waals surface area contributed by atoms with Gasteiger partial charge in [-0.15, -0.1) is 0 Å². The maximum Gasteiger partial charge on any atom is 0.257 e. The van der Waals surface area contributed by atoms with Crippen LogP contribution in [0.2, 0.25) is 0 Å². The molecule has 0 amide bonds. The fourth-order valence-electron chi connectivity index (χ4n) is 2.74. The Morgan fingerprint density at radius 2 is 2.00 bits per heavy atom. The maximum absolute atomic E-state index is 5.39. The molecule has 0 aliphatic heterocycles. The summed E-state index contributed by atoms with van der Waals surface area (Å²) in [7, 11) is 1.90. The number of nitrogens with zero attached hydrogens (tertiary/aromatic N) is 2. The average molecular weight is 257 g/mol. The molecule has 0 radical (unpaired) electrons. The molecular weight excluding hydrogens is 238 g/mol. The van der Waals surface area contributed by atoms with Crippen LogP contribution in [0.15, 0.2) is 28.8 Å². The monoisotopic (exact) mass is 257 g/mol. The number of aromatic nitrogens is 2. The smallest absolute Gasteiger partial charge is 0.257 e. The third-order valence-electron chi connectivity index (χ3n) is 3.92. The molecule has 1 aromatic heterocycles. The van der Waals surface area contributed by atoms with Gasteiger partial charge >= 0.3 is 0 Å². The second kappa shape index (κ2) is 5.03. The molecule has 0 spiro atoms. The Morgan fingerprint density at radius 3 is 2.63 bits per heavy atom. The van der Waals surface area contributed by atoms with E-state index in [1.165, 1.54) is 19.3 Å². The Morgan fingerprint density at radius 1 is 1.21 bits per heavy atom. The minimum atomic E-state index is 0.476. The van der Waals surface area contributed by atoms with Gasteiger partial charge in [0, 0.05) is 24.2 Å². The van der Waals surface area contributed by atoms with Crippen LogP contribution in [0.3, 0.4) is 0 Å². The van der Waals surface area contributed by atoms with Crippen LogP contribution in [0.4, 0.5) is 5.69 Å². The highest BCUT2D eigenvalue weighted by molar-refractivity contribution is 5.58. The van der Waals surface area contributed by atoms with Crippen LogP contribution in [0, 0.1) is 5.92 Å². The first-order valence-electron chi connectivity index (χ1n) is 6.88. The Balaban J connectivity index is 1.80. The zero-order valence-electron chi connectivity index (χ0n) is 11.4. The van der Waals surface area contributed by atoms with Gasteiger partial charge in [0.1, 0.15) is 0 Å². The first-order valence-corrected chi connectivity index (χ1v) is 6.88. The molecule has 1 aromatic carbocycles. The molecule has 2 atom stereocenters. The van der Waals surface area contributed by atoms with Crippen LogP contribution < -0.4 is 5.32 Å². The summed E-state index contributed by atoms with van der Waals surface area (Å²) >= 11 is 0. The number of anilines is 1. The molecule has 2 aromatic rings. The summed E-state index contributed by atoms with van der Waals surface area (Å²) in [4.78, 5) is 4.55. The number of hydrogen-bond donors (Lipinski definition) is 1. The van der Waals surface area contributed by atoms with Gasteiger partial charge in [0.2, 0.25) is 0 Å². The Kier molecular flexibility index (Phi) is 3.23. The summed E-state index contributed by atoms with van der Waals surface area (Å²) in [6, 6.07) is 8.02. The van der Waals surface area contributed by atoms with Crippen LogP contribution in [0.25, 0.3) is 11.5 Å². The van der Waals surface area contributed by atoms with E-state index in [9.17, 15) is 0 Å². The SMILES string of the molecule is CNc1ccc(-c2nc(C3CCC(C)C3)no2)cc1. The van der Waals surface area contributed by atoms with Gasteiger partial charge < -0.3 is 9.84 Å². The van der Waals surface area contributed by atoms with E-state index < -0.39 is 0 Å². The van der Waals surface area contributed by atoms with Gasteiger partial charge in [-0.3, -0.25) is 0 Å². The molecule has 100 valence electrons. The van der Waals surface area contributed by atoms with E-state index in [1.54, 1.807) is 0 Å².